The molecule has 5 nitrogen and oxygen atoms in total. The van der Waals surface area contributed by atoms with Gasteiger partial charge in [0.15, 0.2) is 11.5 Å². The molecule has 3 fully saturated rings. The van der Waals surface area contributed by atoms with Crippen LogP contribution in [-0.2, 0) is 14.4 Å². The van der Waals surface area contributed by atoms with Gasteiger partial charge in [0.25, 0.3) is 0 Å². The fourth-order valence-electron chi connectivity index (χ4n) is 9.03. The van der Waals surface area contributed by atoms with Crippen molar-refractivity contribution in [2.45, 2.75) is 85.7 Å². The Hall–Kier alpha value is -1.75. The quantitative estimate of drug-likeness (QED) is 0.598. The molecule has 0 aromatic rings. The van der Waals surface area contributed by atoms with Crippen LogP contribution in [0.15, 0.2) is 23.5 Å². The number of carbonyl (C=O) groups excluding carboxylic acids is 3. The number of Topliss-reactive ketones (excluding diaryl/α,β-unsaturated/α-hetero) is 2. The summed E-state index contributed by atoms with van der Waals surface area (Å²) in [6.45, 7) is 10.5. The van der Waals surface area contributed by atoms with Gasteiger partial charge in [-0.3, -0.25) is 14.4 Å². The van der Waals surface area contributed by atoms with Crippen LogP contribution in [0, 0.1) is 45.3 Å². The summed E-state index contributed by atoms with van der Waals surface area (Å²) in [6.07, 6.45) is 8.08. The van der Waals surface area contributed by atoms with Crippen molar-refractivity contribution < 1.29 is 24.6 Å². The molecule has 0 aromatic heterocycles. The first-order valence-electron chi connectivity index (χ1n) is 12.7. The number of ketones is 3. The van der Waals surface area contributed by atoms with Gasteiger partial charge < -0.3 is 10.2 Å². The first-order valence-corrected chi connectivity index (χ1v) is 12.7. The molecule has 0 aromatic carbocycles. The van der Waals surface area contributed by atoms with Gasteiger partial charge in [0.1, 0.15) is 11.9 Å². The molecule has 8 unspecified atom stereocenters. The smallest absolute Gasteiger partial charge is 0.225 e. The van der Waals surface area contributed by atoms with E-state index in [9.17, 15) is 24.6 Å². The van der Waals surface area contributed by atoms with Crippen molar-refractivity contribution in [3.63, 3.8) is 0 Å². The van der Waals surface area contributed by atoms with E-state index in [1.807, 2.05) is 6.92 Å². The summed E-state index contributed by atoms with van der Waals surface area (Å²) in [7, 11) is 0. The number of fused-ring (bicyclic) bond motifs is 7. The zero-order valence-electron chi connectivity index (χ0n) is 20.6. The highest BCUT2D eigenvalue weighted by atomic mass is 16.3. The molecule has 5 rings (SSSR count). The van der Waals surface area contributed by atoms with Crippen molar-refractivity contribution in [1.29, 1.82) is 0 Å². The average molecular weight is 455 g/mol. The second kappa shape index (κ2) is 6.90. The van der Waals surface area contributed by atoms with Crippen LogP contribution >= 0.6 is 0 Å². The van der Waals surface area contributed by atoms with Crippen molar-refractivity contribution in [2.75, 3.05) is 0 Å². The number of allylic oxidation sites excluding steroid dienone is 3. The molecule has 5 aliphatic carbocycles. The van der Waals surface area contributed by atoms with E-state index in [0.29, 0.717) is 6.42 Å². The predicted octanol–water partition coefficient (Wildman–Crippen LogP) is 4.73. The van der Waals surface area contributed by atoms with Crippen LogP contribution in [0.5, 0.6) is 0 Å². The van der Waals surface area contributed by atoms with E-state index in [2.05, 4.69) is 20.8 Å². The van der Waals surface area contributed by atoms with Crippen molar-refractivity contribution in [1.82, 2.24) is 0 Å². The second-order valence-electron chi connectivity index (χ2n) is 13.0. The van der Waals surface area contributed by atoms with E-state index < -0.39 is 23.1 Å². The Morgan fingerprint density at radius 1 is 0.970 bits per heavy atom. The second-order valence-corrected chi connectivity index (χ2v) is 13.0. The van der Waals surface area contributed by atoms with E-state index in [-0.39, 0.29) is 51.5 Å². The Balaban J connectivity index is 1.64. The monoisotopic (exact) mass is 454 g/mol. The number of hydrogen-bond donors (Lipinski definition) is 2. The van der Waals surface area contributed by atoms with Gasteiger partial charge in [-0.25, -0.2) is 0 Å². The van der Waals surface area contributed by atoms with E-state index in [0.717, 1.165) is 44.1 Å². The third-order valence-corrected chi connectivity index (χ3v) is 10.9. The fraction of sp³-hybridized carbons (Fsp3) is 0.750. The topological polar surface area (TPSA) is 91.7 Å². The highest BCUT2D eigenvalue weighted by molar-refractivity contribution is 5.99. The fourth-order valence-corrected chi connectivity index (χ4v) is 9.03. The SMILES string of the molecule is CC(=O)C12CCC3C(C(=O)C=C4C5(C)C=C(O)C(=O)C(O)C5CCC43C)C1CC(C)(C)CC2. The van der Waals surface area contributed by atoms with Crippen molar-refractivity contribution in [3.05, 3.63) is 23.5 Å². The van der Waals surface area contributed by atoms with Crippen LogP contribution in [0.4, 0.5) is 0 Å². The highest BCUT2D eigenvalue weighted by Crippen LogP contribution is 2.69. The maximum atomic E-state index is 13.9. The Morgan fingerprint density at radius 2 is 1.64 bits per heavy atom. The predicted molar refractivity (Wildman–Crippen MR) is 124 cm³/mol. The van der Waals surface area contributed by atoms with Gasteiger partial charge in [-0.15, -0.1) is 0 Å². The molecule has 0 amide bonds. The third-order valence-electron chi connectivity index (χ3n) is 10.9. The lowest BCUT2D eigenvalue weighted by Gasteiger charge is -2.63. The van der Waals surface area contributed by atoms with Gasteiger partial charge in [-0.05, 0) is 86.7 Å². The van der Waals surface area contributed by atoms with E-state index in [1.165, 1.54) is 0 Å². The van der Waals surface area contributed by atoms with Gasteiger partial charge in [0.05, 0.1) is 0 Å². The minimum atomic E-state index is -1.24. The molecular formula is C28H38O5. The molecule has 0 spiro atoms. The molecule has 5 aliphatic rings. The summed E-state index contributed by atoms with van der Waals surface area (Å²) in [4.78, 5) is 39.2. The van der Waals surface area contributed by atoms with E-state index in [1.54, 1.807) is 19.1 Å². The van der Waals surface area contributed by atoms with Gasteiger partial charge in [-0.1, -0.05) is 33.3 Å². The molecule has 180 valence electrons. The zero-order chi connectivity index (χ0) is 24.1. The number of aliphatic hydroxyl groups is 2. The molecule has 0 heterocycles. The average Bonchev–Trinajstić information content (AvgIpc) is 2.72. The molecule has 2 N–H and O–H groups in total. The lowest BCUT2D eigenvalue weighted by molar-refractivity contribution is -0.158. The van der Waals surface area contributed by atoms with Gasteiger partial charge in [0, 0.05) is 22.7 Å². The largest absolute Gasteiger partial charge is 0.505 e. The number of hydrogen-bond acceptors (Lipinski definition) is 5. The van der Waals surface area contributed by atoms with Crippen molar-refractivity contribution in [3.8, 4) is 0 Å². The highest BCUT2D eigenvalue weighted by Gasteiger charge is 2.65. The van der Waals surface area contributed by atoms with E-state index in [4.69, 9.17) is 0 Å². The first kappa shape index (κ1) is 23.0. The standard InChI is InChI=1S/C28H38O5/c1-15(29)28-9-7-16-22(18(28)13-25(2,3)10-11-28)19(30)12-21-26(16,4)8-6-17-23(32)24(33)20(31)14-27(17,21)5/h12,14,16-18,22-23,31-32H,6-11,13H2,1-5H3. The van der Waals surface area contributed by atoms with Gasteiger partial charge >= 0.3 is 0 Å². The van der Waals surface area contributed by atoms with E-state index >= 15 is 0 Å². The lowest BCUT2D eigenvalue weighted by Crippen LogP contribution is -2.61. The van der Waals surface area contributed by atoms with Crippen LogP contribution in [-0.4, -0.2) is 33.7 Å². The summed E-state index contributed by atoms with van der Waals surface area (Å²) in [5.74, 6) is -0.966. The minimum absolute atomic E-state index is 0.0626. The zero-order valence-corrected chi connectivity index (χ0v) is 20.6. The summed E-state index contributed by atoms with van der Waals surface area (Å²) in [5.41, 5.74) is -0.304. The maximum absolute atomic E-state index is 13.9. The van der Waals surface area contributed by atoms with Crippen LogP contribution in [0.25, 0.3) is 0 Å². The van der Waals surface area contributed by atoms with Crippen LogP contribution in [0.2, 0.25) is 0 Å². The number of rotatable bonds is 1. The first-order chi connectivity index (χ1) is 15.3. The van der Waals surface area contributed by atoms with Gasteiger partial charge in [0.2, 0.25) is 5.78 Å². The Kier molecular flexibility index (Phi) is 4.81. The number of carbonyl (C=O) groups is 3. The van der Waals surface area contributed by atoms with Gasteiger partial charge in [-0.2, -0.15) is 0 Å². The van der Waals surface area contributed by atoms with Crippen LogP contribution < -0.4 is 0 Å². The number of aliphatic hydroxyl groups excluding tert-OH is 2. The molecular weight excluding hydrogens is 416 g/mol. The summed E-state index contributed by atoms with van der Waals surface area (Å²) < 4.78 is 0. The molecule has 0 saturated heterocycles. The molecule has 0 aliphatic heterocycles. The maximum Gasteiger partial charge on any atom is 0.225 e. The molecule has 3 saturated carbocycles. The molecule has 5 heteroatoms. The normalized spacial score (nSPS) is 48.5. The van der Waals surface area contributed by atoms with Crippen LogP contribution in [0.3, 0.4) is 0 Å². The Morgan fingerprint density at radius 3 is 2.30 bits per heavy atom. The van der Waals surface area contributed by atoms with Crippen molar-refractivity contribution in [2.24, 2.45) is 45.3 Å². The summed E-state index contributed by atoms with van der Waals surface area (Å²) >= 11 is 0. The Bertz CT molecular complexity index is 1000. The summed E-state index contributed by atoms with van der Waals surface area (Å²) in [5, 5.41) is 21.0. The molecule has 0 bridgehead atoms. The molecule has 0 radical (unpaired) electrons. The van der Waals surface area contributed by atoms with Crippen molar-refractivity contribution >= 4 is 17.3 Å². The van der Waals surface area contributed by atoms with Crippen LogP contribution in [0.1, 0.15) is 79.6 Å². The summed E-state index contributed by atoms with van der Waals surface area (Å²) in [6, 6.07) is 0. The molecule has 33 heavy (non-hydrogen) atoms. The Labute approximate surface area is 196 Å². The lowest BCUT2D eigenvalue weighted by atomic mass is 9.39. The molecule has 8 atom stereocenters. The third kappa shape index (κ3) is 2.90. The minimum Gasteiger partial charge on any atom is -0.505 e.